The monoisotopic (exact) mass is 433 g/mol. The number of hydrogen-bond acceptors (Lipinski definition) is 8. The molecular formula is C15H27N7O6S. The molecule has 3 amide bonds. The van der Waals surface area contributed by atoms with Gasteiger partial charge in [0.2, 0.25) is 5.91 Å². The fourth-order valence-electron chi connectivity index (χ4n) is 2.49. The third kappa shape index (κ3) is 8.85. The van der Waals surface area contributed by atoms with E-state index in [0.29, 0.717) is 18.7 Å². The van der Waals surface area contributed by atoms with Crippen molar-refractivity contribution in [2.45, 2.75) is 50.6 Å². The molecule has 0 aromatic carbocycles. The summed E-state index contributed by atoms with van der Waals surface area (Å²) in [5, 5.41) is 20.9. The van der Waals surface area contributed by atoms with Crippen molar-refractivity contribution in [3.8, 4) is 0 Å². The molecule has 1 rings (SSSR count). The lowest BCUT2D eigenvalue weighted by Gasteiger charge is -2.28. The molecule has 0 aliphatic carbocycles. The summed E-state index contributed by atoms with van der Waals surface area (Å²) in [5.41, 5.74) is 6.23. The molecule has 1 aliphatic rings. The normalized spacial score (nSPS) is 17.2. The van der Waals surface area contributed by atoms with Crippen LogP contribution in [0.1, 0.15) is 33.6 Å². The molecule has 0 bridgehead atoms. The number of nitro groups is 1. The number of guanidine groups is 1. The Kier molecular flexibility index (Phi) is 8.94. The molecule has 0 saturated carbocycles. The fourth-order valence-corrected chi connectivity index (χ4v) is 3.57. The summed E-state index contributed by atoms with van der Waals surface area (Å²) in [4.78, 5) is 48.2. The smallest absolute Gasteiger partial charge is 0.408 e. The number of alkyl carbamates (subject to hydrolysis) is 1. The summed E-state index contributed by atoms with van der Waals surface area (Å²) in [5.74, 6) is -1.06. The Labute approximate surface area is 172 Å². The number of ether oxygens (including phenoxy) is 1. The first-order valence-corrected chi connectivity index (χ1v) is 9.90. The first-order valence-electron chi connectivity index (χ1n) is 8.85. The number of carbonyl (C=O) groups excluding carboxylic acids is 3. The number of thioether (sulfide) groups is 1. The number of hydrogen-bond donors (Lipinski definition) is 5. The van der Waals surface area contributed by atoms with Crippen molar-refractivity contribution in [3.05, 3.63) is 10.1 Å². The average molecular weight is 433 g/mol. The summed E-state index contributed by atoms with van der Waals surface area (Å²) in [7, 11) is 0. The van der Waals surface area contributed by atoms with Crippen molar-refractivity contribution in [2.75, 3.05) is 18.8 Å². The van der Waals surface area contributed by atoms with Gasteiger partial charge in [-0.05, 0) is 33.6 Å². The average Bonchev–Trinajstić information content (AvgIpc) is 3.04. The third-order valence-corrected chi connectivity index (χ3v) is 4.80. The van der Waals surface area contributed by atoms with Gasteiger partial charge in [-0.15, -0.1) is 11.8 Å². The van der Waals surface area contributed by atoms with Crippen LogP contribution in [0.5, 0.6) is 0 Å². The van der Waals surface area contributed by atoms with E-state index in [9.17, 15) is 24.5 Å². The second-order valence-corrected chi connectivity index (χ2v) is 8.36. The van der Waals surface area contributed by atoms with E-state index in [0.717, 1.165) is 0 Å². The summed E-state index contributed by atoms with van der Waals surface area (Å²) in [6, 6.07) is -0.982. The first-order chi connectivity index (χ1) is 13.4. The minimum absolute atomic E-state index is 0.146. The molecule has 1 saturated heterocycles. The number of primary amides is 1. The highest BCUT2D eigenvalue weighted by atomic mass is 32.2. The number of hydrazine groups is 1. The van der Waals surface area contributed by atoms with Gasteiger partial charge in [0.1, 0.15) is 11.6 Å². The molecule has 6 N–H and O–H groups in total. The number of nitrogens with two attached hydrogens (primary N) is 1. The van der Waals surface area contributed by atoms with Gasteiger partial charge in [-0.2, -0.15) is 0 Å². The number of rotatable bonds is 8. The van der Waals surface area contributed by atoms with Crippen molar-refractivity contribution in [1.29, 1.82) is 5.41 Å². The van der Waals surface area contributed by atoms with E-state index in [2.05, 4.69) is 10.6 Å². The summed E-state index contributed by atoms with van der Waals surface area (Å²) in [6.07, 6.45) is -0.325. The van der Waals surface area contributed by atoms with Crippen LogP contribution in [-0.4, -0.2) is 69.7 Å². The topological polar surface area (TPSA) is 193 Å². The minimum Gasteiger partial charge on any atom is -0.444 e. The molecule has 14 heteroatoms. The van der Waals surface area contributed by atoms with Crippen LogP contribution in [0.15, 0.2) is 0 Å². The van der Waals surface area contributed by atoms with Crippen LogP contribution >= 0.6 is 11.8 Å². The molecule has 0 radical (unpaired) electrons. The van der Waals surface area contributed by atoms with Crippen molar-refractivity contribution in [2.24, 2.45) is 5.73 Å². The zero-order valence-corrected chi connectivity index (χ0v) is 17.3. The maximum atomic E-state index is 12.9. The molecule has 2 atom stereocenters. The highest BCUT2D eigenvalue weighted by Gasteiger charge is 2.37. The maximum Gasteiger partial charge on any atom is 0.408 e. The van der Waals surface area contributed by atoms with Crippen LogP contribution in [0.3, 0.4) is 0 Å². The number of carbonyl (C=O) groups is 3. The van der Waals surface area contributed by atoms with Crippen molar-refractivity contribution < 1.29 is 24.2 Å². The van der Waals surface area contributed by atoms with Crippen LogP contribution in [0, 0.1) is 15.5 Å². The molecule has 1 fully saturated rings. The molecule has 0 spiro atoms. The van der Waals surface area contributed by atoms with Crippen molar-refractivity contribution in [3.63, 3.8) is 0 Å². The zero-order valence-electron chi connectivity index (χ0n) is 16.5. The quantitative estimate of drug-likeness (QED) is 0.109. The lowest BCUT2D eigenvalue weighted by Crippen LogP contribution is -2.53. The second kappa shape index (κ2) is 10.7. The molecule has 1 unspecified atom stereocenters. The van der Waals surface area contributed by atoms with Gasteiger partial charge in [0, 0.05) is 18.8 Å². The zero-order chi connectivity index (χ0) is 22.2. The third-order valence-electron chi connectivity index (χ3n) is 3.58. The first kappa shape index (κ1) is 24.3. The van der Waals surface area contributed by atoms with Gasteiger partial charge < -0.3 is 26.0 Å². The van der Waals surface area contributed by atoms with Gasteiger partial charge in [0.25, 0.3) is 11.9 Å². The Balaban J connectivity index is 2.74. The predicted octanol–water partition coefficient (Wildman–Crippen LogP) is -0.648. The van der Waals surface area contributed by atoms with Crippen LogP contribution < -0.4 is 21.8 Å². The van der Waals surface area contributed by atoms with E-state index >= 15 is 0 Å². The van der Waals surface area contributed by atoms with E-state index in [4.69, 9.17) is 15.9 Å². The molecule has 164 valence electrons. The summed E-state index contributed by atoms with van der Waals surface area (Å²) < 4.78 is 5.19. The number of nitrogens with one attached hydrogen (secondary N) is 4. The number of amides is 3. The molecular weight excluding hydrogens is 406 g/mol. The lowest BCUT2D eigenvalue weighted by molar-refractivity contribution is -0.525. The highest BCUT2D eigenvalue weighted by Crippen LogP contribution is 2.24. The summed E-state index contributed by atoms with van der Waals surface area (Å²) in [6.45, 7) is 5.51. The largest absolute Gasteiger partial charge is 0.444 e. The van der Waals surface area contributed by atoms with E-state index in [-0.39, 0.29) is 13.0 Å². The van der Waals surface area contributed by atoms with E-state index < -0.39 is 45.9 Å². The van der Waals surface area contributed by atoms with Gasteiger partial charge in [0.05, 0.1) is 0 Å². The Morgan fingerprint density at radius 2 is 2.07 bits per heavy atom. The van der Waals surface area contributed by atoms with E-state index in [1.54, 1.807) is 26.2 Å². The van der Waals surface area contributed by atoms with Gasteiger partial charge in [-0.1, -0.05) is 5.43 Å². The van der Waals surface area contributed by atoms with Crippen LogP contribution in [0.2, 0.25) is 0 Å². The van der Waals surface area contributed by atoms with Crippen LogP contribution in [0.4, 0.5) is 4.79 Å². The molecule has 0 aromatic heterocycles. The van der Waals surface area contributed by atoms with Gasteiger partial charge >= 0.3 is 6.09 Å². The minimum atomic E-state index is -0.982. The van der Waals surface area contributed by atoms with Crippen molar-refractivity contribution >= 4 is 35.6 Å². The van der Waals surface area contributed by atoms with Gasteiger partial charge in [0.15, 0.2) is 10.4 Å². The Morgan fingerprint density at radius 3 is 2.62 bits per heavy atom. The maximum absolute atomic E-state index is 12.9. The van der Waals surface area contributed by atoms with Crippen LogP contribution in [0.25, 0.3) is 0 Å². The second-order valence-electron chi connectivity index (χ2n) is 7.17. The lowest BCUT2D eigenvalue weighted by atomic mass is 10.1. The molecule has 1 aliphatic heterocycles. The molecule has 13 nitrogen and oxygen atoms in total. The predicted molar refractivity (Wildman–Crippen MR) is 105 cm³/mol. The van der Waals surface area contributed by atoms with Crippen LogP contribution in [-0.2, 0) is 14.3 Å². The van der Waals surface area contributed by atoms with Crippen molar-refractivity contribution in [1.82, 2.24) is 21.0 Å². The number of nitrogens with zero attached hydrogens (tertiary/aromatic N) is 2. The van der Waals surface area contributed by atoms with E-state index in [1.807, 2.05) is 0 Å². The molecule has 1 heterocycles. The summed E-state index contributed by atoms with van der Waals surface area (Å²) >= 11 is 1.25. The molecule has 29 heavy (non-hydrogen) atoms. The Morgan fingerprint density at radius 1 is 1.41 bits per heavy atom. The SMILES string of the molecule is CC(C)(C)OC(=O)N[C@@H](CCCNC(=N)N[N+](=O)[O-])C(=O)N1CCSC1C(N)=O. The highest BCUT2D eigenvalue weighted by molar-refractivity contribution is 8.00. The Hall–Kier alpha value is -2.77. The fraction of sp³-hybridized carbons (Fsp3) is 0.733. The standard InChI is InChI=1S/C15H27N7O6S/c1-15(2,3)28-14(25)19-9(5-4-6-18-13(17)20-22(26)27)11(24)21-7-8-29-12(21)10(16)23/h9,12H,4-8H2,1-3H3,(H2,16,23)(H,19,25)(H3,17,18,20)/t9-,12?/m0/s1. The van der Waals surface area contributed by atoms with E-state index in [1.165, 1.54) is 16.7 Å². The van der Waals surface area contributed by atoms with Gasteiger partial charge in [-0.25, -0.2) is 14.9 Å². The Bertz CT molecular complexity index is 654. The molecule has 0 aromatic rings. The van der Waals surface area contributed by atoms with Gasteiger partial charge in [-0.3, -0.25) is 15.0 Å².